The minimum atomic E-state index is 0.143. The molecule has 0 radical (unpaired) electrons. The van der Waals surface area contributed by atoms with Gasteiger partial charge in [0.1, 0.15) is 0 Å². The number of carbonyl (C=O) groups excluding carboxylic acids is 1. The van der Waals surface area contributed by atoms with E-state index in [1.165, 1.54) is 6.42 Å². The lowest BCUT2D eigenvalue weighted by Crippen LogP contribution is -2.53. The van der Waals surface area contributed by atoms with Crippen molar-refractivity contribution in [2.24, 2.45) is 11.1 Å². The van der Waals surface area contributed by atoms with Crippen LogP contribution >= 0.6 is 0 Å². The topological polar surface area (TPSA) is 49.6 Å². The Labute approximate surface area is 104 Å². The fourth-order valence-electron chi connectivity index (χ4n) is 2.84. The molecule has 98 valence electrons. The molecule has 1 amide bonds. The van der Waals surface area contributed by atoms with Crippen molar-refractivity contribution in [2.45, 2.75) is 38.6 Å². The fourth-order valence-corrected chi connectivity index (χ4v) is 2.84. The van der Waals surface area contributed by atoms with E-state index in [1.807, 2.05) is 4.90 Å². The predicted octanol–water partition coefficient (Wildman–Crippen LogP) is 0.668. The number of rotatable bonds is 3. The van der Waals surface area contributed by atoms with Crippen molar-refractivity contribution in [3.05, 3.63) is 0 Å². The molecule has 1 saturated heterocycles. The Kier molecular flexibility index (Phi) is 3.73. The van der Waals surface area contributed by atoms with Crippen molar-refractivity contribution in [1.29, 1.82) is 0 Å². The molecule has 2 N–H and O–H groups in total. The van der Waals surface area contributed by atoms with Gasteiger partial charge in [0.25, 0.3) is 0 Å². The molecule has 0 aromatic carbocycles. The zero-order chi connectivity index (χ0) is 12.5. The molecule has 0 bridgehead atoms. The highest BCUT2D eigenvalue weighted by Gasteiger charge is 2.39. The van der Waals surface area contributed by atoms with Crippen LogP contribution in [0.3, 0.4) is 0 Å². The Morgan fingerprint density at radius 2 is 2.12 bits per heavy atom. The Morgan fingerprint density at radius 1 is 1.41 bits per heavy atom. The smallest absolute Gasteiger partial charge is 0.223 e. The van der Waals surface area contributed by atoms with Gasteiger partial charge in [0, 0.05) is 32.1 Å². The van der Waals surface area contributed by atoms with Crippen LogP contribution in [0.2, 0.25) is 0 Å². The number of amides is 1. The molecule has 4 heteroatoms. The summed E-state index contributed by atoms with van der Waals surface area (Å²) in [4.78, 5) is 16.6. The van der Waals surface area contributed by atoms with Gasteiger partial charge in [-0.2, -0.15) is 0 Å². The molecule has 1 heterocycles. The van der Waals surface area contributed by atoms with Crippen molar-refractivity contribution in [3.63, 3.8) is 0 Å². The summed E-state index contributed by atoms with van der Waals surface area (Å²) < 4.78 is 0. The lowest BCUT2D eigenvalue weighted by molar-refractivity contribution is -0.137. The molecule has 1 aliphatic carbocycles. The van der Waals surface area contributed by atoms with Crippen LogP contribution in [0.25, 0.3) is 0 Å². The molecular formula is C13H25N3O. The van der Waals surface area contributed by atoms with Gasteiger partial charge >= 0.3 is 0 Å². The van der Waals surface area contributed by atoms with E-state index in [0.29, 0.717) is 24.9 Å². The number of nitrogens with two attached hydrogens (primary N) is 1. The van der Waals surface area contributed by atoms with Gasteiger partial charge in [-0.25, -0.2) is 0 Å². The van der Waals surface area contributed by atoms with Gasteiger partial charge in [0.05, 0.1) is 0 Å². The van der Waals surface area contributed by atoms with E-state index >= 15 is 0 Å². The number of piperazine rings is 1. The molecule has 0 aromatic heterocycles. The van der Waals surface area contributed by atoms with Crippen LogP contribution in [0, 0.1) is 5.41 Å². The van der Waals surface area contributed by atoms with Crippen molar-refractivity contribution < 1.29 is 4.79 Å². The van der Waals surface area contributed by atoms with E-state index in [9.17, 15) is 4.79 Å². The van der Waals surface area contributed by atoms with Gasteiger partial charge in [0.15, 0.2) is 0 Å². The number of likely N-dealkylation sites (N-methyl/N-ethyl adjacent to an activating group) is 1. The van der Waals surface area contributed by atoms with Gasteiger partial charge in [-0.05, 0) is 38.8 Å². The van der Waals surface area contributed by atoms with Gasteiger partial charge < -0.3 is 15.5 Å². The predicted molar refractivity (Wildman–Crippen MR) is 68.6 cm³/mol. The van der Waals surface area contributed by atoms with Gasteiger partial charge in [-0.3, -0.25) is 4.79 Å². The van der Waals surface area contributed by atoms with Crippen LogP contribution in [0.15, 0.2) is 0 Å². The summed E-state index contributed by atoms with van der Waals surface area (Å²) in [6.07, 6.45) is 4.18. The number of nitrogens with zero attached hydrogens (tertiary/aromatic N) is 2. The molecule has 17 heavy (non-hydrogen) atoms. The number of hydrogen-bond acceptors (Lipinski definition) is 3. The maximum Gasteiger partial charge on any atom is 0.223 e. The third-order valence-electron chi connectivity index (χ3n) is 4.69. The molecule has 1 aliphatic heterocycles. The molecule has 2 aliphatic rings. The first-order valence-corrected chi connectivity index (χ1v) is 6.74. The van der Waals surface area contributed by atoms with Gasteiger partial charge in [-0.15, -0.1) is 0 Å². The summed E-state index contributed by atoms with van der Waals surface area (Å²) >= 11 is 0. The standard InChI is InChI=1S/C13H25N3O/c1-11-9-16(7-6-15(11)2)12(17)8-13(10-14)4-3-5-13/h11H,3-10,14H2,1-2H3. The molecule has 2 rings (SSSR count). The van der Waals surface area contributed by atoms with Crippen molar-refractivity contribution >= 4 is 5.91 Å². The molecule has 2 fully saturated rings. The van der Waals surface area contributed by atoms with E-state index < -0.39 is 0 Å². The molecule has 0 spiro atoms. The lowest BCUT2D eigenvalue weighted by Gasteiger charge is -2.43. The summed E-state index contributed by atoms with van der Waals surface area (Å²) in [6.45, 7) is 5.59. The SMILES string of the molecule is CC1CN(C(=O)CC2(CN)CCC2)CCN1C. The molecule has 1 unspecified atom stereocenters. The van der Waals surface area contributed by atoms with Crippen molar-refractivity contribution in [2.75, 3.05) is 33.2 Å². The van der Waals surface area contributed by atoms with Crippen LogP contribution in [-0.2, 0) is 4.79 Å². The largest absolute Gasteiger partial charge is 0.340 e. The lowest BCUT2D eigenvalue weighted by atomic mass is 9.66. The second-order valence-electron chi connectivity index (χ2n) is 5.90. The second kappa shape index (κ2) is 4.94. The highest BCUT2D eigenvalue weighted by molar-refractivity contribution is 5.77. The minimum Gasteiger partial charge on any atom is -0.340 e. The maximum atomic E-state index is 12.3. The third kappa shape index (κ3) is 2.63. The van der Waals surface area contributed by atoms with Crippen LogP contribution in [0.5, 0.6) is 0 Å². The zero-order valence-electron chi connectivity index (χ0n) is 11.1. The van der Waals surface area contributed by atoms with E-state index in [2.05, 4.69) is 18.9 Å². The zero-order valence-corrected chi connectivity index (χ0v) is 11.1. The second-order valence-corrected chi connectivity index (χ2v) is 5.90. The van der Waals surface area contributed by atoms with E-state index in [1.54, 1.807) is 0 Å². The number of hydrogen-bond donors (Lipinski definition) is 1. The number of carbonyl (C=O) groups is 1. The summed E-state index contributed by atoms with van der Waals surface area (Å²) in [5, 5.41) is 0. The average Bonchev–Trinajstić information content (AvgIpc) is 2.27. The monoisotopic (exact) mass is 239 g/mol. The van der Waals surface area contributed by atoms with Gasteiger partial charge in [-0.1, -0.05) is 6.42 Å². The van der Waals surface area contributed by atoms with Crippen molar-refractivity contribution in [3.8, 4) is 0 Å². The Hall–Kier alpha value is -0.610. The summed E-state index contributed by atoms with van der Waals surface area (Å²) in [7, 11) is 2.12. The summed E-state index contributed by atoms with van der Waals surface area (Å²) in [5.74, 6) is 0.315. The first-order valence-electron chi connectivity index (χ1n) is 6.74. The fraction of sp³-hybridized carbons (Fsp3) is 0.923. The highest BCUT2D eigenvalue weighted by Crippen LogP contribution is 2.43. The Balaban J connectivity index is 1.88. The molecule has 4 nitrogen and oxygen atoms in total. The molecule has 0 aromatic rings. The maximum absolute atomic E-state index is 12.3. The van der Waals surface area contributed by atoms with E-state index in [0.717, 1.165) is 32.5 Å². The van der Waals surface area contributed by atoms with Crippen LogP contribution < -0.4 is 5.73 Å². The van der Waals surface area contributed by atoms with E-state index in [-0.39, 0.29) is 5.41 Å². The van der Waals surface area contributed by atoms with Crippen LogP contribution in [0.1, 0.15) is 32.6 Å². The Morgan fingerprint density at radius 3 is 2.59 bits per heavy atom. The Bertz CT molecular complexity index is 283. The normalized spacial score (nSPS) is 28.9. The highest BCUT2D eigenvalue weighted by atomic mass is 16.2. The third-order valence-corrected chi connectivity index (χ3v) is 4.69. The molecule has 1 saturated carbocycles. The van der Waals surface area contributed by atoms with Gasteiger partial charge in [0.2, 0.25) is 5.91 Å². The first-order chi connectivity index (χ1) is 8.06. The minimum absolute atomic E-state index is 0.143. The van der Waals surface area contributed by atoms with Crippen molar-refractivity contribution in [1.82, 2.24) is 9.80 Å². The van der Waals surface area contributed by atoms with Crippen LogP contribution in [0.4, 0.5) is 0 Å². The first kappa shape index (κ1) is 12.8. The average molecular weight is 239 g/mol. The quantitative estimate of drug-likeness (QED) is 0.787. The molecule has 1 atom stereocenters. The van der Waals surface area contributed by atoms with Crippen LogP contribution in [-0.4, -0.2) is 55.0 Å². The van der Waals surface area contributed by atoms with E-state index in [4.69, 9.17) is 5.73 Å². The molecular weight excluding hydrogens is 214 g/mol. The summed E-state index contributed by atoms with van der Waals surface area (Å²) in [6, 6.07) is 0.475. The summed E-state index contributed by atoms with van der Waals surface area (Å²) in [5.41, 5.74) is 5.96.